The lowest BCUT2D eigenvalue weighted by molar-refractivity contribution is -0.111. The standard InChI is InChI=1S/C30H29NO4/c1-6-34-29-20(4)30-26(27(17-35-30)23-9-7-18(2)8-10-23)16-25(29)19(3)15-28(33)31-24-13-11-22(12-14-24)21(5)32/h7-17H,6H2,1-5H3,(H,31,33)/b19-15+. The van der Waals surface area contributed by atoms with Gasteiger partial charge in [0.1, 0.15) is 11.3 Å². The minimum Gasteiger partial charge on any atom is -0.493 e. The maximum Gasteiger partial charge on any atom is 0.248 e. The minimum absolute atomic E-state index is 0.0166. The number of furan rings is 1. The first-order chi connectivity index (χ1) is 16.8. The molecule has 1 amide bonds. The Morgan fingerprint density at radius 1 is 1.00 bits per heavy atom. The molecule has 0 aliphatic rings. The van der Waals surface area contributed by atoms with Crippen molar-refractivity contribution in [2.45, 2.75) is 34.6 Å². The first kappa shape index (κ1) is 24.0. The van der Waals surface area contributed by atoms with Crippen LogP contribution in [0.5, 0.6) is 5.75 Å². The second kappa shape index (κ2) is 10.0. The molecule has 0 atom stereocenters. The first-order valence-electron chi connectivity index (χ1n) is 11.6. The molecule has 5 nitrogen and oxygen atoms in total. The summed E-state index contributed by atoms with van der Waals surface area (Å²) in [6.07, 6.45) is 3.34. The maximum atomic E-state index is 12.8. The molecular weight excluding hydrogens is 438 g/mol. The summed E-state index contributed by atoms with van der Waals surface area (Å²) in [6, 6.07) is 17.2. The second-order valence-electron chi connectivity index (χ2n) is 8.65. The van der Waals surface area contributed by atoms with Gasteiger partial charge < -0.3 is 14.5 Å². The highest BCUT2D eigenvalue weighted by molar-refractivity contribution is 6.06. The van der Waals surface area contributed by atoms with Gasteiger partial charge in [0.15, 0.2) is 5.78 Å². The molecule has 178 valence electrons. The number of ether oxygens (including phenoxy) is 1. The van der Waals surface area contributed by atoms with Crippen LogP contribution >= 0.6 is 0 Å². The van der Waals surface area contributed by atoms with E-state index >= 15 is 0 Å². The van der Waals surface area contributed by atoms with Crippen LogP contribution in [-0.2, 0) is 4.79 Å². The zero-order chi connectivity index (χ0) is 25.1. The number of nitrogens with one attached hydrogen (secondary N) is 1. The number of hydrogen-bond acceptors (Lipinski definition) is 4. The fourth-order valence-corrected chi connectivity index (χ4v) is 4.14. The van der Waals surface area contributed by atoms with Gasteiger partial charge in [0.05, 0.1) is 12.9 Å². The Labute approximate surface area is 205 Å². The molecular formula is C30H29NO4. The number of rotatable bonds is 7. The van der Waals surface area contributed by atoms with Gasteiger partial charge >= 0.3 is 0 Å². The normalized spacial score (nSPS) is 11.5. The Bertz CT molecular complexity index is 1420. The van der Waals surface area contributed by atoms with E-state index < -0.39 is 0 Å². The molecule has 1 N–H and O–H groups in total. The minimum atomic E-state index is -0.260. The third-order valence-corrected chi connectivity index (χ3v) is 6.03. The molecule has 0 saturated carbocycles. The van der Waals surface area contributed by atoms with Crippen molar-refractivity contribution in [1.82, 2.24) is 0 Å². The maximum absolute atomic E-state index is 12.8. The predicted octanol–water partition coefficient (Wildman–Crippen LogP) is 7.36. The van der Waals surface area contributed by atoms with Gasteiger partial charge in [-0.05, 0) is 76.1 Å². The molecule has 3 aromatic carbocycles. The average molecular weight is 468 g/mol. The van der Waals surface area contributed by atoms with Crippen molar-refractivity contribution in [2.75, 3.05) is 11.9 Å². The molecule has 0 spiro atoms. The Hall–Kier alpha value is -4.12. The van der Waals surface area contributed by atoms with Gasteiger partial charge in [-0.1, -0.05) is 29.8 Å². The number of anilines is 1. The number of carbonyl (C=O) groups excluding carboxylic acids is 2. The number of ketones is 1. The van der Waals surface area contributed by atoms with Crippen LogP contribution in [0, 0.1) is 13.8 Å². The molecule has 1 aromatic heterocycles. The molecule has 35 heavy (non-hydrogen) atoms. The highest BCUT2D eigenvalue weighted by Gasteiger charge is 2.19. The van der Waals surface area contributed by atoms with Gasteiger partial charge in [0.2, 0.25) is 5.91 Å². The van der Waals surface area contributed by atoms with E-state index in [0.29, 0.717) is 23.6 Å². The van der Waals surface area contributed by atoms with Crippen molar-refractivity contribution in [3.05, 3.63) is 89.2 Å². The van der Waals surface area contributed by atoms with Crippen LogP contribution in [0.3, 0.4) is 0 Å². The number of carbonyl (C=O) groups is 2. The smallest absolute Gasteiger partial charge is 0.248 e. The largest absolute Gasteiger partial charge is 0.493 e. The fraction of sp³-hybridized carbons (Fsp3) is 0.200. The molecule has 0 bridgehead atoms. The number of fused-ring (bicyclic) bond motifs is 1. The molecule has 1 heterocycles. The second-order valence-corrected chi connectivity index (χ2v) is 8.65. The predicted molar refractivity (Wildman–Crippen MR) is 141 cm³/mol. The summed E-state index contributed by atoms with van der Waals surface area (Å²) in [7, 11) is 0. The Morgan fingerprint density at radius 2 is 1.69 bits per heavy atom. The van der Waals surface area contributed by atoms with Crippen LogP contribution in [0.1, 0.15) is 47.8 Å². The van der Waals surface area contributed by atoms with Gasteiger partial charge in [0, 0.05) is 39.4 Å². The van der Waals surface area contributed by atoms with Gasteiger partial charge in [0.25, 0.3) is 0 Å². The van der Waals surface area contributed by atoms with Crippen LogP contribution in [-0.4, -0.2) is 18.3 Å². The SMILES string of the molecule is CCOc1c(/C(C)=C/C(=O)Nc2ccc(C(C)=O)cc2)cc2c(-c3ccc(C)cc3)coc2c1C. The molecule has 0 unspecified atom stereocenters. The van der Waals surface area contributed by atoms with Gasteiger partial charge in [-0.2, -0.15) is 0 Å². The van der Waals surface area contributed by atoms with Crippen LogP contribution in [0.4, 0.5) is 5.69 Å². The van der Waals surface area contributed by atoms with Crippen LogP contribution in [0.2, 0.25) is 0 Å². The van der Waals surface area contributed by atoms with E-state index in [1.165, 1.54) is 12.5 Å². The third kappa shape index (κ3) is 5.04. The molecule has 0 aliphatic carbocycles. The van der Waals surface area contributed by atoms with E-state index in [2.05, 4.69) is 36.5 Å². The summed E-state index contributed by atoms with van der Waals surface area (Å²) in [5.41, 5.74) is 7.76. The van der Waals surface area contributed by atoms with Crippen molar-refractivity contribution in [2.24, 2.45) is 0 Å². The van der Waals surface area contributed by atoms with Gasteiger partial charge in [-0.25, -0.2) is 0 Å². The number of Topliss-reactive ketones (excluding diaryl/α,β-unsaturated/α-hetero) is 1. The Balaban J connectivity index is 1.72. The molecule has 4 rings (SSSR count). The van der Waals surface area contributed by atoms with Gasteiger partial charge in [-0.15, -0.1) is 0 Å². The van der Waals surface area contributed by atoms with E-state index in [1.807, 2.05) is 26.8 Å². The van der Waals surface area contributed by atoms with E-state index in [0.717, 1.165) is 38.8 Å². The molecule has 0 aliphatic heterocycles. The van der Waals surface area contributed by atoms with E-state index in [9.17, 15) is 9.59 Å². The quantitative estimate of drug-likeness (QED) is 0.228. The third-order valence-electron chi connectivity index (χ3n) is 6.03. The summed E-state index contributed by atoms with van der Waals surface area (Å²) >= 11 is 0. The molecule has 0 radical (unpaired) electrons. The summed E-state index contributed by atoms with van der Waals surface area (Å²) in [5, 5.41) is 3.83. The van der Waals surface area contributed by atoms with Crippen molar-refractivity contribution in [3.8, 4) is 16.9 Å². The van der Waals surface area contributed by atoms with Crippen LogP contribution in [0.25, 0.3) is 27.7 Å². The first-order valence-corrected chi connectivity index (χ1v) is 11.6. The summed E-state index contributed by atoms with van der Waals surface area (Å²) in [4.78, 5) is 24.3. The van der Waals surface area contributed by atoms with Crippen LogP contribution < -0.4 is 10.1 Å². The van der Waals surface area contributed by atoms with E-state index in [1.54, 1.807) is 36.6 Å². The average Bonchev–Trinajstić information content (AvgIpc) is 3.26. The summed E-state index contributed by atoms with van der Waals surface area (Å²) in [5.74, 6) is 0.429. The highest BCUT2D eigenvalue weighted by Crippen LogP contribution is 2.40. The zero-order valence-corrected chi connectivity index (χ0v) is 20.7. The number of amides is 1. The molecule has 4 aromatic rings. The zero-order valence-electron chi connectivity index (χ0n) is 20.7. The monoisotopic (exact) mass is 467 g/mol. The molecule has 5 heteroatoms. The lowest BCUT2D eigenvalue weighted by atomic mass is 9.96. The van der Waals surface area contributed by atoms with Crippen LogP contribution in [0.15, 0.2) is 71.4 Å². The van der Waals surface area contributed by atoms with Crippen molar-refractivity contribution >= 4 is 33.9 Å². The van der Waals surface area contributed by atoms with Gasteiger partial charge in [-0.3, -0.25) is 9.59 Å². The van der Waals surface area contributed by atoms with Crippen molar-refractivity contribution in [3.63, 3.8) is 0 Å². The number of hydrogen-bond donors (Lipinski definition) is 1. The van der Waals surface area contributed by atoms with E-state index in [-0.39, 0.29) is 11.7 Å². The lowest BCUT2D eigenvalue weighted by Gasteiger charge is -2.15. The van der Waals surface area contributed by atoms with Crippen molar-refractivity contribution < 1.29 is 18.7 Å². The Morgan fingerprint density at radius 3 is 2.31 bits per heavy atom. The molecule has 0 fully saturated rings. The summed E-state index contributed by atoms with van der Waals surface area (Å²) in [6.45, 7) is 9.87. The number of aryl methyl sites for hydroxylation is 2. The lowest BCUT2D eigenvalue weighted by Crippen LogP contribution is -2.09. The van der Waals surface area contributed by atoms with Crippen molar-refractivity contribution in [1.29, 1.82) is 0 Å². The topological polar surface area (TPSA) is 68.5 Å². The highest BCUT2D eigenvalue weighted by atomic mass is 16.5. The molecule has 0 saturated heterocycles. The number of allylic oxidation sites excluding steroid dienone is 1. The summed E-state index contributed by atoms with van der Waals surface area (Å²) < 4.78 is 12.0. The fourth-order valence-electron chi connectivity index (χ4n) is 4.14. The van der Waals surface area contributed by atoms with E-state index in [4.69, 9.17) is 9.15 Å². The Kier molecular flexibility index (Phi) is 6.87. The number of benzene rings is 3.